The van der Waals surface area contributed by atoms with Crippen LogP contribution in [-0.4, -0.2) is 18.0 Å². The second kappa shape index (κ2) is 9.00. The van der Waals surface area contributed by atoms with Crippen LogP contribution in [0.2, 0.25) is 0 Å². The van der Waals surface area contributed by atoms with Crippen molar-refractivity contribution in [3.63, 3.8) is 0 Å². The molecule has 4 aromatic rings. The van der Waals surface area contributed by atoms with Crippen LogP contribution in [0.3, 0.4) is 0 Å². The van der Waals surface area contributed by atoms with Crippen molar-refractivity contribution in [2.24, 2.45) is 0 Å². The number of aromatic nitrogens is 1. The highest BCUT2D eigenvalue weighted by atomic mass is 16.5. The summed E-state index contributed by atoms with van der Waals surface area (Å²) in [7, 11) is 1.68. The number of ether oxygens (including phenoxy) is 1. The SMILES string of the molecule is CCc1ccc(C(=O)NCc2ccc(-c3ccc(OC)c(C)c3)c3ccncc23)cc1. The van der Waals surface area contributed by atoms with Crippen LogP contribution in [0.1, 0.15) is 34.0 Å². The van der Waals surface area contributed by atoms with Crippen LogP contribution in [0.25, 0.3) is 21.9 Å². The van der Waals surface area contributed by atoms with Gasteiger partial charge < -0.3 is 10.1 Å². The van der Waals surface area contributed by atoms with Crippen LogP contribution in [0, 0.1) is 6.92 Å². The first kappa shape index (κ1) is 20.6. The van der Waals surface area contributed by atoms with E-state index in [-0.39, 0.29) is 5.91 Å². The van der Waals surface area contributed by atoms with E-state index >= 15 is 0 Å². The lowest BCUT2D eigenvalue weighted by atomic mass is 9.95. The molecule has 0 saturated carbocycles. The van der Waals surface area contributed by atoms with Crippen molar-refractivity contribution >= 4 is 16.7 Å². The monoisotopic (exact) mass is 410 g/mol. The van der Waals surface area contributed by atoms with Crippen LogP contribution in [0.4, 0.5) is 0 Å². The fourth-order valence-corrected chi connectivity index (χ4v) is 3.87. The zero-order chi connectivity index (χ0) is 21.8. The number of hydrogen-bond acceptors (Lipinski definition) is 3. The number of fused-ring (bicyclic) bond motifs is 1. The first-order chi connectivity index (χ1) is 15.1. The summed E-state index contributed by atoms with van der Waals surface area (Å²) in [5, 5.41) is 5.19. The van der Waals surface area contributed by atoms with Crippen LogP contribution < -0.4 is 10.1 Å². The van der Waals surface area contributed by atoms with Gasteiger partial charge in [0.15, 0.2) is 0 Å². The maximum Gasteiger partial charge on any atom is 0.251 e. The average molecular weight is 411 g/mol. The molecule has 0 bridgehead atoms. The van der Waals surface area contributed by atoms with Crippen LogP contribution >= 0.6 is 0 Å². The second-order valence-electron chi connectivity index (χ2n) is 7.61. The number of methoxy groups -OCH3 is 1. The van der Waals surface area contributed by atoms with Gasteiger partial charge in [-0.2, -0.15) is 0 Å². The predicted molar refractivity (Wildman–Crippen MR) is 125 cm³/mol. The molecule has 3 aromatic carbocycles. The van der Waals surface area contributed by atoms with E-state index in [1.54, 1.807) is 13.3 Å². The van der Waals surface area contributed by atoms with Crippen molar-refractivity contribution in [3.8, 4) is 16.9 Å². The summed E-state index contributed by atoms with van der Waals surface area (Å²) in [6.45, 7) is 4.59. The number of pyridine rings is 1. The van der Waals surface area contributed by atoms with Gasteiger partial charge in [0, 0.05) is 29.9 Å². The van der Waals surface area contributed by atoms with Crippen molar-refractivity contribution in [2.45, 2.75) is 26.8 Å². The molecule has 31 heavy (non-hydrogen) atoms. The summed E-state index contributed by atoms with van der Waals surface area (Å²) in [6, 6.07) is 20.2. The van der Waals surface area contributed by atoms with E-state index in [1.807, 2.05) is 49.5 Å². The Morgan fingerprint density at radius 2 is 1.81 bits per heavy atom. The molecule has 0 fully saturated rings. The summed E-state index contributed by atoms with van der Waals surface area (Å²) < 4.78 is 5.40. The van der Waals surface area contributed by atoms with E-state index in [4.69, 9.17) is 4.74 Å². The summed E-state index contributed by atoms with van der Waals surface area (Å²) in [6.07, 6.45) is 4.63. The van der Waals surface area contributed by atoms with Crippen molar-refractivity contribution in [1.82, 2.24) is 10.3 Å². The molecule has 0 aliphatic carbocycles. The number of nitrogens with zero attached hydrogens (tertiary/aromatic N) is 1. The van der Waals surface area contributed by atoms with Crippen LogP contribution in [-0.2, 0) is 13.0 Å². The molecule has 0 radical (unpaired) electrons. The Morgan fingerprint density at radius 3 is 2.52 bits per heavy atom. The van der Waals surface area contributed by atoms with E-state index < -0.39 is 0 Å². The zero-order valence-corrected chi connectivity index (χ0v) is 18.1. The molecule has 0 aliphatic heterocycles. The number of nitrogens with one attached hydrogen (secondary N) is 1. The van der Waals surface area contributed by atoms with Crippen LogP contribution in [0.5, 0.6) is 5.75 Å². The molecule has 4 nitrogen and oxygen atoms in total. The maximum absolute atomic E-state index is 12.6. The molecule has 0 atom stereocenters. The number of carbonyl (C=O) groups is 1. The Labute approximate surface area is 182 Å². The molecule has 0 saturated heterocycles. The third-order valence-electron chi connectivity index (χ3n) is 5.68. The number of carbonyl (C=O) groups excluding carboxylic acids is 1. The van der Waals surface area contributed by atoms with Gasteiger partial charge in [0.25, 0.3) is 5.91 Å². The Kier molecular flexibility index (Phi) is 5.99. The molecule has 0 unspecified atom stereocenters. The summed E-state index contributed by atoms with van der Waals surface area (Å²) in [4.78, 5) is 16.9. The molecule has 0 aliphatic rings. The Morgan fingerprint density at radius 1 is 1.00 bits per heavy atom. The quantitative estimate of drug-likeness (QED) is 0.443. The molecule has 1 heterocycles. The van der Waals surface area contributed by atoms with Crippen LogP contribution in [0.15, 0.2) is 73.1 Å². The fraction of sp³-hybridized carbons (Fsp3) is 0.185. The summed E-state index contributed by atoms with van der Waals surface area (Å²) in [5.41, 5.74) is 6.28. The lowest BCUT2D eigenvalue weighted by Gasteiger charge is -2.13. The molecular formula is C27H26N2O2. The minimum atomic E-state index is -0.0745. The summed E-state index contributed by atoms with van der Waals surface area (Å²) >= 11 is 0. The van der Waals surface area contributed by atoms with Gasteiger partial charge in [-0.1, -0.05) is 37.3 Å². The maximum atomic E-state index is 12.6. The summed E-state index contributed by atoms with van der Waals surface area (Å²) in [5.74, 6) is 0.801. The number of hydrogen-bond donors (Lipinski definition) is 1. The molecule has 1 N–H and O–H groups in total. The lowest BCUT2D eigenvalue weighted by Crippen LogP contribution is -2.22. The number of rotatable bonds is 6. The van der Waals surface area contributed by atoms with Gasteiger partial charge in [0.2, 0.25) is 0 Å². The van der Waals surface area contributed by atoms with Crippen molar-refractivity contribution < 1.29 is 9.53 Å². The Bertz CT molecular complexity index is 1230. The lowest BCUT2D eigenvalue weighted by molar-refractivity contribution is 0.0951. The average Bonchev–Trinajstić information content (AvgIpc) is 2.82. The van der Waals surface area contributed by atoms with Gasteiger partial charge in [0.1, 0.15) is 5.75 Å². The zero-order valence-electron chi connectivity index (χ0n) is 18.1. The predicted octanol–water partition coefficient (Wildman–Crippen LogP) is 5.71. The molecule has 0 spiro atoms. The standard InChI is InChI=1S/C27H26N2O2/c1-4-19-5-7-20(8-6-19)27(30)29-16-22-9-11-23(24-13-14-28-17-25(22)24)21-10-12-26(31-3)18(2)15-21/h5-15,17H,4,16H2,1-3H3,(H,29,30). The van der Waals surface area contributed by atoms with E-state index in [9.17, 15) is 4.79 Å². The highest BCUT2D eigenvalue weighted by Gasteiger charge is 2.11. The smallest absolute Gasteiger partial charge is 0.251 e. The second-order valence-corrected chi connectivity index (χ2v) is 7.61. The van der Waals surface area contributed by atoms with Gasteiger partial charge in [0.05, 0.1) is 7.11 Å². The van der Waals surface area contributed by atoms with E-state index in [0.29, 0.717) is 12.1 Å². The molecule has 156 valence electrons. The first-order valence-corrected chi connectivity index (χ1v) is 10.5. The third kappa shape index (κ3) is 4.29. The van der Waals surface area contributed by atoms with Gasteiger partial charge in [-0.3, -0.25) is 9.78 Å². The normalized spacial score (nSPS) is 10.8. The number of amides is 1. The minimum Gasteiger partial charge on any atom is -0.496 e. The Balaban J connectivity index is 1.62. The van der Waals surface area contributed by atoms with E-state index in [1.165, 1.54) is 5.56 Å². The number of benzene rings is 3. The fourth-order valence-electron chi connectivity index (χ4n) is 3.87. The number of aryl methyl sites for hydroxylation is 2. The van der Waals surface area contributed by atoms with Crippen molar-refractivity contribution in [3.05, 3.63) is 95.3 Å². The minimum absolute atomic E-state index is 0.0745. The highest BCUT2D eigenvalue weighted by molar-refractivity contribution is 5.99. The Hall–Kier alpha value is -3.66. The van der Waals surface area contributed by atoms with Gasteiger partial charge in [-0.15, -0.1) is 0 Å². The highest BCUT2D eigenvalue weighted by Crippen LogP contribution is 2.33. The van der Waals surface area contributed by atoms with Gasteiger partial charge >= 0.3 is 0 Å². The van der Waals surface area contributed by atoms with Crippen molar-refractivity contribution in [2.75, 3.05) is 7.11 Å². The third-order valence-corrected chi connectivity index (χ3v) is 5.68. The molecule has 1 amide bonds. The first-order valence-electron chi connectivity index (χ1n) is 10.5. The van der Waals surface area contributed by atoms with Crippen molar-refractivity contribution in [1.29, 1.82) is 0 Å². The molecule has 4 rings (SSSR count). The molecule has 1 aromatic heterocycles. The van der Waals surface area contributed by atoms with E-state index in [2.05, 4.69) is 41.5 Å². The topological polar surface area (TPSA) is 51.2 Å². The van der Waals surface area contributed by atoms with Gasteiger partial charge in [-0.25, -0.2) is 0 Å². The molecular weight excluding hydrogens is 384 g/mol. The van der Waals surface area contributed by atoms with Gasteiger partial charge in [-0.05, 0) is 76.9 Å². The largest absolute Gasteiger partial charge is 0.496 e. The molecule has 4 heteroatoms. The van der Waals surface area contributed by atoms with E-state index in [0.717, 1.165) is 45.2 Å².